The number of benzene rings is 1. The molecule has 7 nitrogen and oxygen atoms in total. The molecule has 0 saturated carbocycles. The molecule has 0 atom stereocenters. The standard InChI is InChI=1S/C10H10O7/c11-9(12)16-17-10(13)15-7-6-14-8-4-2-1-3-5-8/h1-5H,6-7H2,(H,11,12). The summed E-state index contributed by atoms with van der Waals surface area (Å²) >= 11 is 0. The van der Waals surface area contributed by atoms with E-state index in [0.29, 0.717) is 5.75 Å². The minimum atomic E-state index is -1.73. The quantitative estimate of drug-likeness (QED) is 0.372. The van der Waals surface area contributed by atoms with Crippen LogP contribution in [0.4, 0.5) is 9.59 Å². The van der Waals surface area contributed by atoms with E-state index < -0.39 is 12.3 Å². The largest absolute Gasteiger partial charge is 0.550 e. The fourth-order valence-electron chi connectivity index (χ4n) is 0.895. The maximum atomic E-state index is 10.7. The van der Waals surface area contributed by atoms with Gasteiger partial charge in [-0.05, 0) is 12.1 Å². The second-order valence-corrected chi connectivity index (χ2v) is 2.69. The summed E-state index contributed by atoms with van der Waals surface area (Å²) in [5.74, 6) is 0.631. The lowest BCUT2D eigenvalue weighted by Gasteiger charge is -2.05. The molecular formula is C10H10O7. The second-order valence-electron chi connectivity index (χ2n) is 2.69. The lowest BCUT2D eigenvalue weighted by molar-refractivity contribution is -0.213. The van der Waals surface area contributed by atoms with Crippen molar-refractivity contribution >= 4 is 12.3 Å². The Kier molecular flexibility index (Phi) is 5.15. The minimum absolute atomic E-state index is 0.0866. The summed E-state index contributed by atoms with van der Waals surface area (Å²) in [5.41, 5.74) is 0. The van der Waals surface area contributed by atoms with E-state index in [-0.39, 0.29) is 13.2 Å². The molecule has 1 rings (SSSR count). The monoisotopic (exact) mass is 242 g/mol. The van der Waals surface area contributed by atoms with Gasteiger partial charge in [-0.1, -0.05) is 18.2 Å². The number of ether oxygens (including phenoxy) is 2. The lowest BCUT2D eigenvalue weighted by Crippen LogP contribution is -2.15. The van der Waals surface area contributed by atoms with Gasteiger partial charge in [-0.15, -0.1) is 0 Å². The lowest BCUT2D eigenvalue weighted by atomic mass is 10.3. The number of rotatable bonds is 4. The Morgan fingerprint density at radius 3 is 2.41 bits per heavy atom. The molecule has 0 heterocycles. The highest BCUT2D eigenvalue weighted by Crippen LogP contribution is 2.07. The van der Waals surface area contributed by atoms with Crippen molar-refractivity contribution in [2.24, 2.45) is 0 Å². The first-order valence-electron chi connectivity index (χ1n) is 4.60. The first kappa shape index (κ1) is 12.6. The number of para-hydroxylation sites is 1. The van der Waals surface area contributed by atoms with Crippen molar-refractivity contribution in [1.82, 2.24) is 0 Å². The van der Waals surface area contributed by atoms with Crippen molar-refractivity contribution in [2.45, 2.75) is 0 Å². The van der Waals surface area contributed by atoms with Crippen LogP contribution in [0.2, 0.25) is 0 Å². The Morgan fingerprint density at radius 2 is 1.76 bits per heavy atom. The van der Waals surface area contributed by atoms with Crippen LogP contribution in [0.1, 0.15) is 0 Å². The molecule has 1 aromatic carbocycles. The van der Waals surface area contributed by atoms with E-state index >= 15 is 0 Å². The summed E-state index contributed by atoms with van der Waals surface area (Å²) in [7, 11) is 0. The van der Waals surface area contributed by atoms with Crippen molar-refractivity contribution in [3.05, 3.63) is 30.3 Å². The van der Waals surface area contributed by atoms with Gasteiger partial charge in [-0.3, -0.25) is 0 Å². The van der Waals surface area contributed by atoms with E-state index in [2.05, 4.69) is 14.5 Å². The summed E-state index contributed by atoms with van der Waals surface area (Å²) in [4.78, 5) is 27.8. The van der Waals surface area contributed by atoms with Crippen LogP contribution in [-0.2, 0) is 14.5 Å². The molecule has 0 amide bonds. The smallest absolute Gasteiger partial charge is 0.490 e. The number of hydrogen-bond donors (Lipinski definition) is 1. The highest BCUT2D eigenvalue weighted by Gasteiger charge is 2.08. The minimum Gasteiger partial charge on any atom is -0.490 e. The van der Waals surface area contributed by atoms with Crippen molar-refractivity contribution in [2.75, 3.05) is 13.2 Å². The van der Waals surface area contributed by atoms with E-state index in [1.807, 2.05) is 6.07 Å². The normalized spacial score (nSPS) is 9.18. The molecule has 7 heteroatoms. The average Bonchev–Trinajstić information content (AvgIpc) is 2.33. The van der Waals surface area contributed by atoms with Gasteiger partial charge in [0.05, 0.1) is 0 Å². The van der Waals surface area contributed by atoms with Crippen molar-refractivity contribution in [1.29, 1.82) is 0 Å². The molecule has 17 heavy (non-hydrogen) atoms. The predicted octanol–water partition coefficient (Wildman–Crippen LogP) is 1.83. The van der Waals surface area contributed by atoms with Gasteiger partial charge in [0.2, 0.25) is 0 Å². The van der Waals surface area contributed by atoms with Crippen LogP contribution in [0, 0.1) is 0 Å². The van der Waals surface area contributed by atoms with Crippen LogP contribution >= 0.6 is 0 Å². The molecular weight excluding hydrogens is 232 g/mol. The third-order valence-electron chi connectivity index (χ3n) is 1.50. The Hall–Kier alpha value is -2.44. The first-order chi connectivity index (χ1) is 8.18. The zero-order valence-corrected chi connectivity index (χ0v) is 8.70. The van der Waals surface area contributed by atoms with Crippen LogP contribution in [-0.4, -0.2) is 30.6 Å². The first-order valence-corrected chi connectivity index (χ1v) is 4.60. The van der Waals surface area contributed by atoms with E-state index in [1.165, 1.54) is 0 Å². The van der Waals surface area contributed by atoms with Crippen molar-refractivity contribution in [3.8, 4) is 5.75 Å². The highest BCUT2D eigenvalue weighted by molar-refractivity contribution is 5.62. The predicted molar refractivity (Wildman–Crippen MR) is 53.5 cm³/mol. The van der Waals surface area contributed by atoms with E-state index in [9.17, 15) is 9.59 Å². The van der Waals surface area contributed by atoms with Crippen LogP contribution in [0.25, 0.3) is 0 Å². The summed E-state index contributed by atoms with van der Waals surface area (Å²) in [6, 6.07) is 8.91. The van der Waals surface area contributed by atoms with Crippen LogP contribution in [0.15, 0.2) is 30.3 Å². The second kappa shape index (κ2) is 6.94. The third-order valence-corrected chi connectivity index (χ3v) is 1.50. The Bertz CT molecular complexity index is 362. The Labute approximate surface area is 96.4 Å². The summed E-state index contributed by atoms with van der Waals surface area (Å²) in [6.45, 7) is 0.0306. The van der Waals surface area contributed by atoms with Crippen LogP contribution in [0.5, 0.6) is 5.75 Å². The highest BCUT2D eigenvalue weighted by atomic mass is 17.3. The zero-order valence-electron chi connectivity index (χ0n) is 8.70. The zero-order chi connectivity index (χ0) is 12.5. The van der Waals surface area contributed by atoms with Crippen LogP contribution < -0.4 is 4.74 Å². The maximum Gasteiger partial charge on any atom is 0.550 e. The van der Waals surface area contributed by atoms with Gasteiger partial charge in [0, 0.05) is 0 Å². The SMILES string of the molecule is O=C(O)OOC(=O)OCCOc1ccccc1. The maximum absolute atomic E-state index is 10.7. The molecule has 0 radical (unpaired) electrons. The summed E-state index contributed by atoms with van der Waals surface area (Å²) < 4.78 is 9.63. The molecule has 92 valence electrons. The molecule has 0 aliphatic rings. The van der Waals surface area contributed by atoms with Crippen molar-refractivity contribution in [3.63, 3.8) is 0 Å². The van der Waals surface area contributed by atoms with Gasteiger partial charge < -0.3 is 14.6 Å². The van der Waals surface area contributed by atoms with Gasteiger partial charge in [-0.25, -0.2) is 9.68 Å². The number of carbonyl (C=O) groups excluding carboxylic acids is 1. The molecule has 0 aliphatic heterocycles. The fourth-order valence-corrected chi connectivity index (χ4v) is 0.895. The topological polar surface area (TPSA) is 91.3 Å². The van der Waals surface area contributed by atoms with E-state index in [0.717, 1.165) is 0 Å². The molecule has 0 aliphatic carbocycles. The van der Waals surface area contributed by atoms with Gasteiger partial charge in [0.1, 0.15) is 19.0 Å². The molecule has 0 spiro atoms. The van der Waals surface area contributed by atoms with Crippen molar-refractivity contribution < 1.29 is 33.9 Å². The molecule has 0 aromatic heterocycles. The molecule has 0 bridgehead atoms. The van der Waals surface area contributed by atoms with Crippen LogP contribution in [0.3, 0.4) is 0 Å². The molecule has 0 unspecified atom stereocenters. The van der Waals surface area contributed by atoms with Gasteiger partial charge in [0.25, 0.3) is 0 Å². The summed E-state index contributed by atoms with van der Waals surface area (Å²) in [5, 5.41) is 8.00. The Balaban J connectivity index is 2.08. The Morgan fingerprint density at radius 1 is 1.06 bits per heavy atom. The molecule has 0 fully saturated rings. The molecule has 0 saturated heterocycles. The molecule has 1 aromatic rings. The third kappa shape index (κ3) is 5.88. The van der Waals surface area contributed by atoms with E-state index in [4.69, 9.17) is 9.84 Å². The number of carboxylic acid groups (broad SMARTS) is 1. The van der Waals surface area contributed by atoms with E-state index in [1.54, 1.807) is 24.3 Å². The van der Waals surface area contributed by atoms with Gasteiger partial charge in [-0.2, -0.15) is 9.68 Å². The number of carbonyl (C=O) groups is 2. The van der Waals surface area contributed by atoms with Gasteiger partial charge >= 0.3 is 12.3 Å². The van der Waals surface area contributed by atoms with Gasteiger partial charge in [0.15, 0.2) is 0 Å². The molecule has 1 N–H and O–H groups in total. The fraction of sp³-hybridized carbons (Fsp3) is 0.200. The average molecular weight is 242 g/mol. The summed E-state index contributed by atoms with van der Waals surface area (Å²) in [6.07, 6.45) is -2.98. The number of hydrogen-bond acceptors (Lipinski definition) is 6.